The molecule has 2 aromatic carbocycles. The second kappa shape index (κ2) is 8.76. The smallest absolute Gasteiger partial charge is 0.337 e. The maximum Gasteiger partial charge on any atom is 0.337 e. The molecule has 26 heavy (non-hydrogen) atoms. The standard InChI is InChI=1S/C21H20O5/c1-14-4-9-17(10-5-14)20(23)15(2)26-19(22)13-8-16-6-11-18(12-7-16)21(24)25-3/h4-13,15H,1-3H3/b13-8+/t15-/m0/s1. The Hall–Kier alpha value is -3.21. The van der Waals surface area contributed by atoms with Gasteiger partial charge in [-0.3, -0.25) is 4.79 Å². The third-order valence-electron chi connectivity index (χ3n) is 3.74. The van der Waals surface area contributed by atoms with Crippen LogP contribution in [0.2, 0.25) is 0 Å². The van der Waals surface area contributed by atoms with E-state index in [1.165, 1.54) is 13.2 Å². The Bertz CT molecular complexity index is 816. The monoisotopic (exact) mass is 352 g/mol. The van der Waals surface area contributed by atoms with Gasteiger partial charge in [-0.1, -0.05) is 42.0 Å². The summed E-state index contributed by atoms with van der Waals surface area (Å²) in [6.07, 6.45) is 1.91. The topological polar surface area (TPSA) is 69.7 Å². The molecule has 2 aromatic rings. The van der Waals surface area contributed by atoms with Gasteiger partial charge in [0.25, 0.3) is 0 Å². The first-order chi connectivity index (χ1) is 12.4. The molecule has 0 aliphatic rings. The van der Waals surface area contributed by atoms with Gasteiger partial charge < -0.3 is 9.47 Å². The van der Waals surface area contributed by atoms with E-state index in [1.54, 1.807) is 49.4 Å². The van der Waals surface area contributed by atoms with Crippen LogP contribution in [-0.2, 0) is 14.3 Å². The van der Waals surface area contributed by atoms with Crippen molar-refractivity contribution in [3.05, 3.63) is 76.9 Å². The van der Waals surface area contributed by atoms with Crippen LogP contribution in [-0.4, -0.2) is 30.9 Å². The molecule has 0 saturated heterocycles. The second-order valence-electron chi connectivity index (χ2n) is 5.76. The number of carbonyl (C=O) groups excluding carboxylic acids is 3. The van der Waals surface area contributed by atoms with E-state index < -0.39 is 18.0 Å². The van der Waals surface area contributed by atoms with Crippen LogP contribution in [0.1, 0.15) is 38.8 Å². The molecule has 0 N–H and O–H groups in total. The summed E-state index contributed by atoms with van der Waals surface area (Å²) in [7, 11) is 1.31. The number of aryl methyl sites for hydroxylation is 1. The molecule has 0 saturated carbocycles. The molecule has 0 unspecified atom stereocenters. The van der Waals surface area contributed by atoms with Crippen molar-refractivity contribution in [1.82, 2.24) is 0 Å². The van der Waals surface area contributed by atoms with Gasteiger partial charge in [0.05, 0.1) is 12.7 Å². The quantitative estimate of drug-likeness (QED) is 0.451. The number of hydrogen-bond donors (Lipinski definition) is 0. The third-order valence-corrected chi connectivity index (χ3v) is 3.74. The van der Waals surface area contributed by atoms with Crippen molar-refractivity contribution in [1.29, 1.82) is 0 Å². The molecule has 0 spiro atoms. The molecule has 5 nitrogen and oxygen atoms in total. The van der Waals surface area contributed by atoms with E-state index in [0.717, 1.165) is 5.56 Å². The van der Waals surface area contributed by atoms with Gasteiger partial charge in [-0.2, -0.15) is 0 Å². The van der Waals surface area contributed by atoms with Gasteiger partial charge in [0.2, 0.25) is 5.78 Å². The minimum Gasteiger partial charge on any atom is -0.465 e. The fourth-order valence-electron chi connectivity index (χ4n) is 2.23. The Balaban J connectivity index is 1.94. The highest BCUT2D eigenvalue weighted by Crippen LogP contribution is 2.10. The first kappa shape index (κ1) is 19.1. The molecule has 0 bridgehead atoms. The zero-order chi connectivity index (χ0) is 19.1. The molecule has 0 aromatic heterocycles. The minimum absolute atomic E-state index is 0.255. The minimum atomic E-state index is -0.878. The van der Waals surface area contributed by atoms with Gasteiger partial charge in [0.15, 0.2) is 6.10 Å². The summed E-state index contributed by atoms with van der Waals surface area (Å²) in [6.45, 7) is 3.47. The van der Waals surface area contributed by atoms with Gasteiger partial charge in [-0.15, -0.1) is 0 Å². The number of Topliss-reactive ketones (excluding diaryl/α,β-unsaturated/α-hetero) is 1. The van der Waals surface area contributed by atoms with Gasteiger partial charge in [-0.25, -0.2) is 9.59 Å². The third kappa shape index (κ3) is 5.14. The maximum atomic E-state index is 12.3. The molecule has 0 amide bonds. The molecule has 5 heteroatoms. The van der Waals surface area contributed by atoms with Crippen molar-refractivity contribution >= 4 is 23.8 Å². The normalized spacial score (nSPS) is 11.8. The fourth-order valence-corrected chi connectivity index (χ4v) is 2.23. The lowest BCUT2D eigenvalue weighted by Gasteiger charge is -2.11. The first-order valence-corrected chi connectivity index (χ1v) is 8.08. The summed E-state index contributed by atoms with van der Waals surface area (Å²) in [4.78, 5) is 35.5. The number of benzene rings is 2. The van der Waals surface area contributed by atoms with E-state index in [4.69, 9.17) is 4.74 Å². The van der Waals surface area contributed by atoms with Crippen molar-refractivity contribution in [3.8, 4) is 0 Å². The molecule has 0 radical (unpaired) electrons. The SMILES string of the molecule is COC(=O)c1ccc(/C=C/C(=O)O[C@@H](C)C(=O)c2ccc(C)cc2)cc1. The van der Waals surface area contributed by atoms with E-state index in [1.807, 2.05) is 19.1 Å². The number of ketones is 1. The van der Waals surface area contributed by atoms with Gasteiger partial charge in [0, 0.05) is 11.6 Å². The maximum absolute atomic E-state index is 12.3. The highest BCUT2D eigenvalue weighted by atomic mass is 16.5. The molecular weight excluding hydrogens is 332 g/mol. The largest absolute Gasteiger partial charge is 0.465 e. The molecule has 134 valence electrons. The molecule has 1 atom stereocenters. The summed E-state index contributed by atoms with van der Waals surface area (Å²) in [5.41, 5.74) is 2.68. The molecule has 0 heterocycles. The van der Waals surface area contributed by atoms with E-state index >= 15 is 0 Å². The lowest BCUT2D eigenvalue weighted by Crippen LogP contribution is -2.23. The summed E-state index contributed by atoms with van der Waals surface area (Å²) < 4.78 is 9.77. The van der Waals surface area contributed by atoms with E-state index in [0.29, 0.717) is 16.7 Å². The highest BCUT2D eigenvalue weighted by Gasteiger charge is 2.18. The van der Waals surface area contributed by atoms with Crippen LogP contribution < -0.4 is 0 Å². The van der Waals surface area contributed by atoms with E-state index in [9.17, 15) is 14.4 Å². The van der Waals surface area contributed by atoms with Crippen molar-refractivity contribution in [2.45, 2.75) is 20.0 Å². The molecular formula is C21H20O5. The van der Waals surface area contributed by atoms with Crippen LogP contribution in [0, 0.1) is 6.92 Å². The van der Waals surface area contributed by atoms with E-state index in [-0.39, 0.29) is 5.78 Å². The van der Waals surface area contributed by atoms with Crippen molar-refractivity contribution in [2.24, 2.45) is 0 Å². The highest BCUT2D eigenvalue weighted by molar-refractivity contribution is 6.01. The number of carbonyl (C=O) groups is 3. The summed E-state index contributed by atoms with van der Waals surface area (Å²) in [5, 5.41) is 0. The summed E-state index contributed by atoms with van der Waals surface area (Å²) >= 11 is 0. The predicted octanol–water partition coefficient (Wildman–Crippen LogP) is 3.61. The van der Waals surface area contributed by atoms with Crippen LogP contribution in [0.25, 0.3) is 6.08 Å². The Morgan fingerprint density at radius 1 is 0.923 bits per heavy atom. The first-order valence-electron chi connectivity index (χ1n) is 8.08. The molecule has 0 aliphatic carbocycles. The summed E-state index contributed by atoms with van der Waals surface area (Å²) in [5.74, 6) is -1.30. The lowest BCUT2D eigenvalue weighted by molar-refractivity contribution is -0.140. The number of esters is 2. The van der Waals surface area contributed by atoms with Crippen LogP contribution in [0.15, 0.2) is 54.6 Å². The van der Waals surface area contributed by atoms with Crippen molar-refractivity contribution < 1.29 is 23.9 Å². The van der Waals surface area contributed by atoms with E-state index in [2.05, 4.69) is 4.74 Å². The Labute approximate surface area is 152 Å². The number of hydrogen-bond acceptors (Lipinski definition) is 5. The zero-order valence-electron chi connectivity index (χ0n) is 14.9. The zero-order valence-corrected chi connectivity index (χ0v) is 14.9. The van der Waals surface area contributed by atoms with Crippen LogP contribution >= 0.6 is 0 Å². The molecule has 0 fully saturated rings. The number of rotatable bonds is 6. The lowest BCUT2D eigenvalue weighted by atomic mass is 10.1. The molecule has 0 aliphatic heterocycles. The van der Waals surface area contributed by atoms with Gasteiger partial charge in [-0.05, 0) is 37.6 Å². The predicted molar refractivity (Wildman–Crippen MR) is 97.9 cm³/mol. The second-order valence-corrected chi connectivity index (χ2v) is 5.76. The molecule has 2 rings (SSSR count). The van der Waals surface area contributed by atoms with Crippen molar-refractivity contribution in [2.75, 3.05) is 7.11 Å². The average molecular weight is 352 g/mol. The Morgan fingerprint density at radius 2 is 1.50 bits per heavy atom. The Kier molecular flexibility index (Phi) is 6.44. The summed E-state index contributed by atoms with van der Waals surface area (Å²) in [6, 6.07) is 13.6. The van der Waals surface area contributed by atoms with Gasteiger partial charge in [0.1, 0.15) is 0 Å². The number of ether oxygens (including phenoxy) is 2. The number of methoxy groups -OCH3 is 1. The van der Waals surface area contributed by atoms with Crippen LogP contribution in [0.5, 0.6) is 0 Å². The van der Waals surface area contributed by atoms with Gasteiger partial charge >= 0.3 is 11.9 Å². The van der Waals surface area contributed by atoms with Crippen LogP contribution in [0.3, 0.4) is 0 Å². The van der Waals surface area contributed by atoms with Crippen molar-refractivity contribution in [3.63, 3.8) is 0 Å². The average Bonchev–Trinajstić information content (AvgIpc) is 2.66. The Morgan fingerprint density at radius 3 is 2.08 bits per heavy atom. The van der Waals surface area contributed by atoms with Crippen LogP contribution in [0.4, 0.5) is 0 Å². The fraction of sp³-hybridized carbons (Fsp3) is 0.190.